The van der Waals surface area contributed by atoms with E-state index >= 15 is 0 Å². The average Bonchev–Trinajstić information content (AvgIpc) is 2.85. The molecule has 0 bridgehead atoms. The molecule has 0 unspecified atom stereocenters. The molecule has 0 fully saturated rings. The minimum absolute atomic E-state index is 0.0381. The second-order valence-electron chi connectivity index (χ2n) is 4.30. The van der Waals surface area contributed by atoms with Gasteiger partial charge in [0.2, 0.25) is 0 Å². The Morgan fingerprint density at radius 3 is 2.80 bits per heavy atom. The molecule has 1 heterocycles. The molecule has 1 N–H and O–H groups in total. The molecule has 2 aromatic rings. The Labute approximate surface area is 136 Å². The third-order valence-corrected chi connectivity index (χ3v) is 4.80. The third kappa shape index (κ3) is 4.29. The number of benzene rings is 1. The third-order valence-electron chi connectivity index (χ3n) is 2.85. The summed E-state index contributed by atoms with van der Waals surface area (Å²) in [5, 5.41) is 2.97. The van der Waals surface area contributed by atoms with E-state index in [0.29, 0.717) is 18.7 Å². The van der Waals surface area contributed by atoms with Crippen molar-refractivity contribution in [3.05, 3.63) is 55.3 Å². The molecule has 2 rings (SSSR count). The maximum Gasteiger partial charge on any atom is 0.251 e. The molecule has 20 heavy (non-hydrogen) atoms. The Bertz CT molecular complexity index is 583. The molecule has 0 aliphatic carbocycles. The van der Waals surface area contributed by atoms with E-state index in [4.69, 9.17) is 4.74 Å². The Morgan fingerprint density at radius 1 is 1.30 bits per heavy atom. The van der Waals surface area contributed by atoms with E-state index in [9.17, 15) is 4.79 Å². The van der Waals surface area contributed by atoms with E-state index in [0.717, 1.165) is 12.0 Å². The molecular weight excluding hydrogens is 385 g/mol. The van der Waals surface area contributed by atoms with Crippen LogP contribution in [0.4, 0.5) is 0 Å². The van der Waals surface area contributed by atoms with Gasteiger partial charge in [0.15, 0.2) is 0 Å². The van der Waals surface area contributed by atoms with Gasteiger partial charge in [0.25, 0.3) is 5.91 Å². The van der Waals surface area contributed by atoms with Crippen LogP contribution in [-0.2, 0) is 17.8 Å². The summed E-state index contributed by atoms with van der Waals surface area (Å²) in [6.45, 7) is 1.10. The maximum atomic E-state index is 12.2. The number of nitrogens with one attached hydrogen (secondary N) is 1. The quantitative estimate of drug-likeness (QED) is 0.753. The lowest BCUT2D eigenvalue weighted by Crippen LogP contribution is -2.26. The van der Waals surface area contributed by atoms with Crippen LogP contribution in [0.5, 0.6) is 0 Å². The molecular formula is C15H16INO2S. The fraction of sp³-hybridized carbons (Fsp3) is 0.267. The topological polar surface area (TPSA) is 38.3 Å². The highest BCUT2D eigenvalue weighted by Gasteiger charge is 2.10. The fourth-order valence-electron chi connectivity index (χ4n) is 1.90. The molecule has 0 saturated carbocycles. The first-order valence-corrected chi connectivity index (χ1v) is 8.19. The first kappa shape index (κ1) is 15.5. The van der Waals surface area contributed by atoms with Crippen LogP contribution in [-0.4, -0.2) is 19.6 Å². The maximum absolute atomic E-state index is 12.2. The molecule has 0 spiro atoms. The molecule has 1 aromatic carbocycles. The number of halogens is 1. The standard InChI is InChI=1S/C15H16INO2S/c1-19-10-11-4-2-3-5-13(11)15(18)17-9-8-12-6-7-14(16)20-12/h2-7H,8-10H2,1H3,(H,17,18). The van der Waals surface area contributed by atoms with E-state index < -0.39 is 0 Å². The van der Waals surface area contributed by atoms with Crippen LogP contribution in [0.15, 0.2) is 36.4 Å². The highest BCUT2D eigenvalue weighted by molar-refractivity contribution is 14.1. The highest BCUT2D eigenvalue weighted by atomic mass is 127. The summed E-state index contributed by atoms with van der Waals surface area (Å²) in [4.78, 5) is 13.5. The average molecular weight is 401 g/mol. The Morgan fingerprint density at radius 2 is 2.10 bits per heavy atom. The van der Waals surface area contributed by atoms with Gasteiger partial charge in [0, 0.05) is 24.1 Å². The van der Waals surface area contributed by atoms with E-state index in [-0.39, 0.29) is 5.91 Å². The van der Waals surface area contributed by atoms with Gasteiger partial charge in [0.05, 0.1) is 9.49 Å². The number of hydrogen-bond acceptors (Lipinski definition) is 3. The van der Waals surface area contributed by atoms with Crippen molar-refractivity contribution < 1.29 is 9.53 Å². The van der Waals surface area contributed by atoms with Crippen molar-refractivity contribution in [2.75, 3.05) is 13.7 Å². The van der Waals surface area contributed by atoms with Gasteiger partial charge in [-0.2, -0.15) is 0 Å². The minimum atomic E-state index is -0.0381. The summed E-state index contributed by atoms with van der Waals surface area (Å²) in [6.07, 6.45) is 0.867. The van der Waals surface area contributed by atoms with Gasteiger partial charge < -0.3 is 10.1 Å². The minimum Gasteiger partial charge on any atom is -0.380 e. The van der Waals surface area contributed by atoms with E-state index in [1.54, 1.807) is 18.4 Å². The number of hydrogen-bond donors (Lipinski definition) is 1. The molecule has 1 aromatic heterocycles. The van der Waals surface area contributed by atoms with Crippen LogP contribution < -0.4 is 5.32 Å². The number of amides is 1. The molecule has 0 aliphatic heterocycles. The first-order valence-electron chi connectivity index (χ1n) is 6.30. The van der Waals surface area contributed by atoms with Crippen LogP contribution in [0.25, 0.3) is 0 Å². The van der Waals surface area contributed by atoms with Gasteiger partial charge in [0.1, 0.15) is 0 Å². The number of ether oxygens (including phenoxy) is 1. The van der Waals surface area contributed by atoms with Crippen LogP contribution in [0, 0.1) is 2.88 Å². The summed E-state index contributed by atoms with van der Waals surface area (Å²) >= 11 is 4.07. The summed E-state index contributed by atoms with van der Waals surface area (Å²) in [5.74, 6) is -0.0381. The van der Waals surface area contributed by atoms with Gasteiger partial charge in [-0.25, -0.2) is 0 Å². The van der Waals surface area contributed by atoms with Gasteiger partial charge in [-0.05, 0) is 52.8 Å². The lowest BCUT2D eigenvalue weighted by atomic mass is 10.1. The van der Waals surface area contributed by atoms with Crippen LogP contribution in [0.3, 0.4) is 0 Å². The van der Waals surface area contributed by atoms with Gasteiger partial charge in [-0.3, -0.25) is 4.79 Å². The van der Waals surface area contributed by atoms with Crippen molar-refractivity contribution >= 4 is 39.8 Å². The number of methoxy groups -OCH3 is 1. The smallest absolute Gasteiger partial charge is 0.251 e. The van der Waals surface area contributed by atoms with E-state index in [2.05, 4.69) is 40.0 Å². The van der Waals surface area contributed by atoms with Crippen molar-refractivity contribution in [2.45, 2.75) is 13.0 Å². The Kier molecular flexibility index (Phi) is 6.00. The second-order valence-corrected chi connectivity index (χ2v) is 7.36. The molecule has 5 heteroatoms. The van der Waals surface area contributed by atoms with E-state index in [1.807, 2.05) is 24.3 Å². The molecule has 0 radical (unpaired) electrons. The number of rotatable bonds is 6. The van der Waals surface area contributed by atoms with Crippen molar-refractivity contribution in [1.82, 2.24) is 5.32 Å². The van der Waals surface area contributed by atoms with Gasteiger partial charge >= 0.3 is 0 Å². The Balaban J connectivity index is 1.91. The van der Waals surface area contributed by atoms with Crippen LogP contribution in [0.1, 0.15) is 20.8 Å². The number of carbonyl (C=O) groups is 1. The first-order chi connectivity index (χ1) is 9.70. The molecule has 106 valence electrons. The predicted octanol–water partition coefficient (Wildman–Crippen LogP) is 3.47. The predicted molar refractivity (Wildman–Crippen MR) is 90.2 cm³/mol. The normalized spacial score (nSPS) is 10.5. The molecule has 1 amide bonds. The summed E-state index contributed by atoms with van der Waals surface area (Å²) < 4.78 is 6.39. The Hall–Kier alpha value is -0.920. The lowest BCUT2D eigenvalue weighted by molar-refractivity contribution is 0.0949. The van der Waals surface area contributed by atoms with Crippen LogP contribution >= 0.6 is 33.9 Å². The van der Waals surface area contributed by atoms with Crippen LogP contribution in [0.2, 0.25) is 0 Å². The summed E-state index contributed by atoms with van der Waals surface area (Å²) in [5.41, 5.74) is 1.60. The number of carbonyl (C=O) groups excluding carboxylic acids is 1. The molecule has 3 nitrogen and oxygen atoms in total. The van der Waals surface area contributed by atoms with Crippen molar-refractivity contribution in [3.63, 3.8) is 0 Å². The zero-order valence-electron chi connectivity index (χ0n) is 11.2. The molecule has 0 saturated heterocycles. The monoisotopic (exact) mass is 401 g/mol. The van der Waals surface area contributed by atoms with Crippen molar-refractivity contribution in [1.29, 1.82) is 0 Å². The van der Waals surface area contributed by atoms with Crippen molar-refractivity contribution in [3.8, 4) is 0 Å². The fourth-order valence-corrected chi connectivity index (χ4v) is 3.66. The number of thiophene rings is 1. The summed E-state index contributed by atoms with van der Waals surface area (Å²) in [6, 6.07) is 11.7. The van der Waals surface area contributed by atoms with E-state index in [1.165, 1.54) is 7.76 Å². The van der Waals surface area contributed by atoms with Gasteiger partial charge in [-0.15, -0.1) is 11.3 Å². The second kappa shape index (κ2) is 7.75. The van der Waals surface area contributed by atoms with Crippen molar-refractivity contribution in [2.24, 2.45) is 0 Å². The zero-order chi connectivity index (χ0) is 14.4. The molecule has 0 atom stereocenters. The lowest BCUT2D eigenvalue weighted by Gasteiger charge is -2.09. The van der Waals surface area contributed by atoms with Gasteiger partial charge in [-0.1, -0.05) is 18.2 Å². The zero-order valence-corrected chi connectivity index (χ0v) is 14.2. The summed E-state index contributed by atoms with van der Waals surface area (Å²) in [7, 11) is 1.63. The largest absolute Gasteiger partial charge is 0.380 e. The highest BCUT2D eigenvalue weighted by Crippen LogP contribution is 2.18. The molecule has 0 aliphatic rings. The SMILES string of the molecule is COCc1ccccc1C(=O)NCCc1ccc(I)s1.